The van der Waals surface area contributed by atoms with Crippen LogP contribution < -0.4 is 24.5 Å². The molecule has 0 unspecified atom stereocenters. The molecule has 0 saturated heterocycles. The van der Waals surface area contributed by atoms with E-state index in [2.05, 4.69) is 527 Å². The summed E-state index contributed by atoms with van der Waals surface area (Å²) in [6.45, 7) is 0. The molecule has 0 atom stereocenters. The average Bonchev–Trinajstić information content (AvgIpc) is 0.648. The molecule has 0 saturated carbocycles. The van der Waals surface area contributed by atoms with Crippen molar-refractivity contribution in [3.05, 3.63) is 485 Å². The van der Waals surface area contributed by atoms with E-state index in [0.717, 1.165) is 0 Å². The molecule has 0 aliphatic rings. The van der Waals surface area contributed by atoms with Crippen LogP contribution in [0.2, 0.25) is 0 Å². The maximum Gasteiger partial charge on any atom is 0.0494 e. The summed E-state index contributed by atoms with van der Waals surface area (Å²) >= 11 is 0. The first-order valence-electron chi connectivity index (χ1n) is 41.0. The van der Waals surface area contributed by atoms with Crippen molar-refractivity contribution in [3.63, 3.8) is 0 Å². The van der Waals surface area contributed by atoms with Crippen molar-refractivity contribution in [1.82, 2.24) is 0 Å². The van der Waals surface area contributed by atoms with Crippen molar-refractivity contribution in [2.45, 2.75) is 0 Å². The third-order valence-corrected chi connectivity index (χ3v) is 22.3. The molecule has 5 heteroatoms. The maximum absolute atomic E-state index is 2.29. The predicted octanol–water partition coefficient (Wildman–Crippen LogP) is 31.4. The van der Waals surface area contributed by atoms with Gasteiger partial charge in [-0.3, -0.25) is 0 Å². The minimum Gasteiger partial charge on any atom is -0.345 e. The van der Waals surface area contributed by atoms with Gasteiger partial charge in [0.2, 0.25) is 0 Å². The van der Waals surface area contributed by atoms with Gasteiger partial charge in [0.05, 0.1) is 0 Å². The molecular formula is C115H95N5. The zero-order chi connectivity index (χ0) is 81.8. The van der Waals surface area contributed by atoms with E-state index in [1.807, 2.05) is 18.2 Å². The standard InChI is InChI=1S/5C23H19N/c1-24(20-13-6-3-7-14-20)22-17-16-18-10-8-9-15-21(18)23(22)19-11-4-2-5-12-19;1-24(21-14-6-3-7-15-21)23-17-20-13-9-8-12-19(20)16-22(23)18-10-4-2-5-11-18;1-24(20-13-6-3-7-14-20)21-16-19-12-8-9-15-22(19)23(17-21)18-10-4-2-5-11-18;1-24(20-12-6-3-7-13-20)21-15-16-23-19(17-21)11-8-14-22(23)18-9-4-2-5-10-18;1-24(22-10-6-3-7-11-22)23-15-14-20-16-19(12-13-21(20)17-23)18-8-4-2-5-9-18/h5*2-17H,1H3. The first-order valence-corrected chi connectivity index (χ1v) is 41.0. The molecule has 0 bridgehead atoms. The molecule has 0 fully saturated rings. The van der Waals surface area contributed by atoms with E-state index < -0.39 is 0 Å². The fourth-order valence-corrected chi connectivity index (χ4v) is 15.7. The Morgan fingerprint density at radius 1 is 0.133 bits per heavy atom. The Kier molecular flexibility index (Phi) is 24.9. The first kappa shape index (κ1) is 78.6. The molecule has 20 rings (SSSR count). The van der Waals surface area contributed by atoms with Crippen LogP contribution in [0.5, 0.6) is 0 Å². The topological polar surface area (TPSA) is 16.2 Å². The average molecular weight is 1550 g/mol. The molecule has 0 radical (unpaired) electrons. The van der Waals surface area contributed by atoms with Crippen LogP contribution in [0.4, 0.5) is 56.9 Å². The molecule has 5 nitrogen and oxygen atoms in total. The van der Waals surface area contributed by atoms with E-state index >= 15 is 0 Å². The van der Waals surface area contributed by atoms with Gasteiger partial charge in [0.1, 0.15) is 0 Å². The number of hydrogen-bond donors (Lipinski definition) is 0. The van der Waals surface area contributed by atoms with Crippen molar-refractivity contribution < 1.29 is 0 Å². The normalized spacial score (nSPS) is 10.7. The van der Waals surface area contributed by atoms with Crippen molar-refractivity contribution in [3.8, 4) is 55.6 Å². The minimum atomic E-state index is 1.19. The molecule has 0 N–H and O–H groups in total. The smallest absolute Gasteiger partial charge is 0.0494 e. The van der Waals surface area contributed by atoms with Crippen LogP contribution in [-0.2, 0) is 0 Å². The molecule has 0 heterocycles. The molecule has 0 aliphatic carbocycles. The van der Waals surface area contributed by atoms with E-state index in [1.165, 1.54) is 166 Å². The summed E-state index contributed by atoms with van der Waals surface area (Å²) in [5.74, 6) is 0. The summed E-state index contributed by atoms with van der Waals surface area (Å²) in [5, 5.41) is 12.7. The third kappa shape index (κ3) is 18.5. The Hall–Kier alpha value is -15.3. The molecule has 120 heavy (non-hydrogen) atoms. The van der Waals surface area contributed by atoms with Crippen LogP contribution in [0.3, 0.4) is 0 Å². The number of anilines is 10. The molecule has 20 aromatic rings. The monoisotopic (exact) mass is 1550 g/mol. The van der Waals surface area contributed by atoms with Gasteiger partial charge in [-0.25, -0.2) is 0 Å². The van der Waals surface area contributed by atoms with Gasteiger partial charge < -0.3 is 24.5 Å². The quantitative estimate of drug-likeness (QED) is 0.101. The second kappa shape index (κ2) is 38.0. The number of rotatable bonds is 15. The van der Waals surface area contributed by atoms with Crippen LogP contribution in [0.25, 0.3) is 109 Å². The van der Waals surface area contributed by atoms with E-state index in [1.54, 1.807) is 0 Å². The highest BCUT2D eigenvalue weighted by Gasteiger charge is 2.18. The summed E-state index contributed by atoms with van der Waals surface area (Å²) in [4.78, 5) is 11.2. The van der Waals surface area contributed by atoms with Gasteiger partial charge in [-0.2, -0.15) is 0 Å². The highest BCUT2D eigenvalue weighted by Crippen LogP contribution is 2.43. The molecule has 0 amide bonds. The maximum atomic E-state index is 2.29. The van der Waals surface area contributed by atoms with Crippen molar-refractivity contribution in [2.24, 2.45) is 0 Å². The minimum absolute atomic E-state index is 1.19. The van der Waals surface area contributed by atoms with E-state index in [4.69, 9.17) is 0 Å². The Morgan fingerprint density at radius 2 is 0.450 bits per heavy atom. The van der Waals surface area contributed by atoms with E-state index in [9.17, 15) is 0 Å². The lowest BCUT2D eigenvalue weighted by Crippen LogP contribution is -2.10. The summed E-state index contributed by atoms with van der Waals surface area (Å²) in [5.41, 5.74) is 24.5. The van der Waals surface area contributed by atoms with Crippen molar-refractivity contribution in [2.75, 3.05) is 59.7 Å². The van der Waals surface area contributed by atoms with Crippen molar-refractivity contribution in [1.29, 1.82) is 0 Å². The van der Waals surface area contributed by atoms with Gasteiger partial charge in [-0.15, -0.1) is 0 Å². The van der Waals surface area contributed by atoms with Crippen LogP contribution in [0, 0.1) is 0 Å². The van der Waals surface area contributed by atoms with Gasteiger partial charge in [0.25, 0.3) is 0 Å². The zero-order valence-electron chi connectivity index (χ0n) is 68.4. The number of fused-ring (bicyclic) bond motifs is 5. The lowest BCUT2D eigenvalue weighted by atomic mass is 9.95. The second-order valence-corrected chi connectivity index (χ2v) is 29.9. The van der Waals surface area contributed by atoms with E-state index in [-0.39, 0.29) is 0 Å². The third-order valence-electron chi connectivity index (χ3n) is 22.3. The molecule has 0 aromatic heterocycles. The van der Waals surface area contributed by atoms with Gasteiger partial charge in [0, 0.05) is 103 Å². The highest BCUT2D eigenvalue weighted by molar-refractivity contribution is 6.05. The molecule has 580 valence electrons. The Labute approximate surface area is 706 Å². The van der Waals surface area contributed by atoms with E-state index in [0.29, 0.717) is 0 Å². The van der Waals surface area contributed by atoms with Crippen LogP contribution in [0.15, 0.2) is 485 Å². The Balaban J connectivity index is 0.000000112. The fourth-order valence-electron chi connectivity index (χ4n) is 15.7. The van der Waals surface area contributed by atoms with Gasteiger partial charge in [-0.1, -0.05) is 364 Å². The largest absolute Gasteiger partial charge is 0.345 e. The second-order valence-electron chi connectivity index (χ2n) is 29.9. The molecule has 0 aliphatic heterocycles. The van der Waals surface area contributed by atoms with Gasteiger partial charge >= 0.3 is 0 Å². The van der Waals surface area contributed by atoms with Crippen LogP contribution >= 0.6 is 0 Å². The molecule has 20 aromatic carbocycles. The van der Waals surface area contributed by atoms with Crippen LogP contribution in [-0.4, -0.2) is 35.2 Å². The van der Waals surface area contributed by atoms with Crippen molar-refractivity contribution >= 4 is 111 Å². The zero-order valence-corrected chi connectivity index (χ0v) is 68.4. The van der Waals surface area contributed by atoms with Crippen LogP contribution in [0.1, 0.15) is 0 Å². The number of para-hydroxylation sites is 5. The summed E-state index contributed by atoms with van der Waals surface area (Å²) in [6, 6.07) is 171. The lowest BCUT2D eigenvalue weighted by Gasteiger charge is -2.24. The summed E-state index contributed by atoms with van der Waals surface area (Å²) < 4.78 is 0. The number of hydrogen-bond acceptors (Lipinski definition) is 5. The molecule has 0 spiro atoms. The predicted molar refractivity (Wildman–Crippen MR) is 519 cm³/mol. The van der Waals surface area contributed by atoms with Gasteiger partial charge in [-0.05, 0) is 220 Å². The SMILES string of the molecule is CN(c1ccccc1)c1cc(-c2ccccc2)c2ccccc2c1.CN(c1ccccc1)c1cc2ccccc2cc1-c1ccccc1.CN(c1ccccc1)c1ccc2c(-c3ccccc3)cccc2c1.CN(c1ccccc1)c1ccc2cc(-c3ccccc3)ccc2c1.CN(c1ccccc1)c1ccc2ccccc2c1-c1ccccc1. The lowest BCUT2D eigenvalue weighted by molar-refractivity contribution is 1.21. The first-order chi connectivity index (χ1) is 59.1. The fraction of sp³-hybridized carbons (Fsp3) is 0.0435. The number of benzene rings is 20. The number of nitrogens with zero attached hydrogens (tertiary/aromatic N) is 5. The molecular weight excluding hydrogens is 1450 g/mol. The summed E-state index contributed by atoms with van der Waals surface area (Å²) in [6.07, 6.45) is 0. The van der Waals surface area contributed by atoms with Gasteiger partial charge in [0.15, 0.2) is 0 Å². The Bertz CT molecular complexity index is 6630. The highest BCUT2D eigenvalue weighted by atomic mass is 15.1. The Morgan fingerprint density at radius 3 is 0.958 bits per heavy atom. The summed E-state index contributed by atoms with van der Waals surface area (Å²) in [7, 11) is 10.6.